The highest BCUT2D eigenvalue weighted by Crippen LogP contribution is 2.33. The second-order valence-electron chi connectivity index (χ2n) is 6.62. The molecule has 1 unspecified atom stereocenters. The number of aromatic nitrogens is 1. The number of ether oxygens (including phenoxy) is 1. The molecule has 1 atom stereocenters. The van der Waals surface area contributed by atoms with Crippen molar-refractivity contribution in [1.29, 1.82) is 0 Å². The maximum absolute atomic E-state index is 12.7. The lowest BCUT2D eigenvalue weighted by Gasteiger charge is -2.21. The van der Waals surface area contributed by atoms with E-state index in [0.29, 0.717) is 28.9 Å². The van der Waals surface area contributed by atoms with Gasteiger partial charge in [0.15, 0.2) is 5.69 Å². The molecule has 1 fully saturated rings. The number of hydrogen-bond acceptors (Lipinski definition) is 6. The highest BCUT2D eigenvalue weighted by molar-refractivity contribution is 7.13. The zero-order valence-corrected chi connectivity index (χ0v) is 17.1. The van der Waals surface area contributed by atoms with Crippen molar-refractivity contribution in [3.05, 3.63) is 52.2 Å². The van der Waals surface area contributed by atoms with Crippen molar-refractivity contribution in [1.82, 2.24) is 10.3 Å². The van der Waals surface area contributed by atoms with E-state index in [-0.39, 0.29) is 11.9 Å². The number of benzene rings is 1. The van der Waals surface area contributed by atoms with Crippen molar-refractivity contribution >= 4 is 34.5 Å². The van der Waals surface area contributed by atoms with E-state index in [1.165, 1.54) is 11.3 Å². The van der Waals surface area contributed by atoms with Gasteiger partial charge in [-0.25, -0.2) is 4.98 Å². The number of rotatable bonds is 5. The third-order valence-corrected chi connectivity index (χ3v) is 5.84. The zero-order chi connectivity index (χ0) is 19.7. The number of halogens is 1. The summed E-state index contributed by atoms with van der Waals surface area (Å²) in [5.41, 5.74) is 1.27. The standard InChI is InChI=1S/C20H20ClN3O3S/c1-12-18(23-20(27-12)17-4-3-9-28-17)19(25)22-14-7-8-24(11-14)15-10-13(21)5-6-16(15)26-2/h3-6,9-10,14H,7-8,11H2,1-2H3,(H,22,25). The Morgan fingerprint density at radius 3 is 3.04 bits per heavy atom. The minimum atomic E-state index is -0.214. The predicted octanol–water partition coefficient (Wildman–Crippen LogP) is 4.38. The summed E-state index contributed by atoms with van der Waals surface area (Å²) in [6.45, 7) is 3.24. The van der Waals surface area contributed by atoms with Gasteiger partial charge in [0, 0.05) is 24.2 Å². The molecule has 3 heterocycles. The van der Waals surface area contributed by atoms with Crippen LogP contribution in [0.1, 0.15) is 22.7 Å². The van der Waals surface area contributed by atoms with Gasteiger partial charge in [-0.3, -0.25) is 4.79 Å². The molecule has 0 saturated carbocycles. The third kappa shape index (κ3) is 3.72. The van der Waals surface area contributed by atoms with Crippen molar-refractivity contribution in [2.75, 3.05) is 25.1 Å². The Morgan fingerprint density at radius 1 is 1.43 bits per heavy atom. The molecular weight excluding hydrogens is 398 g/mol. The number of carbonyl (C=O) groups excluding carboxylic acids is 1. The Labute approximate surface area is 172 Å². The van der Waals surface area contributed by atoms with Crippen LogP contribution in [0.15, 0.2) is 40.1 Å². The Hall–Kier alpha value is -2.51. The lowest BCUT2D eigenvalue weighted by atomic mass is 10.2. The number of oxazole rings is 1. The van der Waals surface area contributed by atoms with Gasteiger partial charge in [0.25, 0.3) is 5.91 Å². The molecule has 1 aromatic carbocycles. The van der Waals surface area contributed by atoms with Gasteiger partial charge in [-0.05, 0) is 43.0 Å². The van der Waals surface area contributed by atoms with Crippen LogP contribution in [0.25, 0.3) is 10.8 Å². The fourth-order valence-electron chi connectivity index (χ4n) is 3.37. The summed E-state index contributed by atoms with van der Waals surface area (Å²) < 4.78 is 11.1. The molecule has 1 saturated heterocycles. The molecule has 1 amide bonds. The van der Waals surface area contributed by atoms with Gasteiger partial charge in [0.2, 0.25) is 5.89 Å². The highest BCUT2D eigenvalue weighted by atomic mass is 35.5. The molecule has 6 nitrogen and oxygen atoms in total. The number of amides is 1. The first-order chi connectivity index (χ1) is 13.5. The lowest BCUT2D eigenvalue weighted by molar-refractivity contribution is 0.0934. The minimum absolute atomic E-state index is 0.0116. The van der Waals surface area contributed by atoms with Gasteiger partial charge in [-0.15, -0.1) is 11.3 Å². The van der Waals surface area contributed by atoms with Crippen molar-refractivity contribution < 1.29 is 13.9 Å². The van der Waals surface area contributed by atoms with Crippen LogP contribution in [0.5, 0.6) is 5.75 Å². The van der Waals surface area contributed by atoms with E-state index in [1.807, 2.05) is 29.6 Å². The van der Waals surface area contributed by atoms with Gasteiger partial charge in [-0.2, -0.15) is 0 Å². The Kier molecular flexibility index (Phi) is 5.28. The second kappa shape index (κ2) is 7.85. The van der Waals surface area contributed by atoms with Crippen LogP contribution in [0.3, 0.4) is 0 Å². The monoisotopic (exact) mass is 417 g/mol. The average Bonchev–Trinajstić information content (AvgIpc) is 3.42. The minimum Gasteiger partial charge on any atom is -0.495 e. The molecule has 0 spiro atoms. The molecule has 3 aromatic rings. The lowest BCUT2D eigenvalue weighted by Crippen LogP contribution is -2.37. The molecule has 4 rings (SSSR count). The smallest absolute Gasteiger partial charge is 0.273 e. The SMILES string of the molecule is COc1ccc(Cl)cc1N1CCC(NC(=O)c2nc(-c3cccs3)oc2C)C1. The summed E-state index contributed by atoms with van der Waals surface area (Å²) in [6.07, 6.45) is 0.829. The van der Waals surface area contributed by atoms with Gasteiger partial charge in [0.1, 0.15) is 11.5 Å². The zero-order valence-electron chi connectivity index (χ0n) is 15.6. The van der Waals surface area contributed by atoms with Crippen molar-refractivity contribution in [2.45, 2.75) is 19.4 Å². The number of hydrogen-bond donors (Lipinski definition) is 1. The molecule has 8 heteroatoms. The van der Waals surface area contributed by atoms with E-state index in [0.717, 1.165) is 29.3 Å². The number of aryl methyl sites for hydroxylation is 1. The fraction of sp³-hybridized carbons (Fsp3) is 0.300. The van der Waals surface area contributed by atoms with Crippen molar-refractivity contribution in [3.63, 3.8) is 0 Å². The van der Waals surface area contributed by atoms with Gasteiger partial charge in [-0.1, -0.05) is 17.7 Å². The quantitative estimate of drug-likeness (QED) is 0.667. The average molecular weight is 418 g/mol. The number of thiophene rings is 1. The maximum atomic E-state index is 12.7. The number of nitrogens with zero attached hydrogens (tertiary/aromatic N) is 2. The first-order valence-corrected chi connectivity index (χ1v) is 10.2. The van der Waals surface area contributed by atoms with E-state index in [9.17, 15) is 4.79 Å². The number of anilines is 1. The number of nitrogens with one attached hydrogen (secondary N) is 1. The van der Waals surface area contributed by atoms with Crippen LogP contribution in [0.2, 0.25) is 5.02 Å². The molecule has 1 N–H and O–H groups in total. The molecule has 1 aliphatic rings. The molecule has 2 aromatic heterocycles. The van der Waals surface area contributed by atoms with Crippen LogP contribution >= 0.6 is 22.9 Å². The largest absolute Gasteiger partial charge is 0.495 e. The molecule has 28 heavy (non-hydrogen) atoms. The van der Waals surface area contributed by atoms with Crippen LogP contribution < -0.4 is 15.0 Å². The Morgan fingerprint density at radius 2 is 2.29 bits per heavy atom. The van der Waals surface area contributed by atoms with Crippen LogP contribution in [0.4, 0.5) is 5.69 Å². The number of methoxy groups -OCH3 is 1. The summed E-state index contributed by atoms with van der Waals surface area (Å²) in [5, 5.41) is 5.68. The molecule has 1 aliphatic heterocycles. The third-order valence-electron chi connectivity index (χ3n) is 4.75. The predicted molar refractivity (Wildman–Crippen MR) is 111 cm³/mol. The summed E-state index contributed by atoms with van der Waals surface area (Å²) in [6, 6.07) is 9.41. The van der Waals surface area contributed by atoms with Crippen LogP contribution in [0, 0.1) is 6.92 Å². The normalized spacial score (nSPS) is 16.4. The summed E-state index contributed by atoms with van der Waals surface area (Å²) in [4.78, 5) is 20.2. The number of carbonyl (C=O) groups is 1. The Balaban J connectivity index is 1.45. The van der Waals surface area contributed by atoms with Crippen LogP contribution in [-0.2, 0) is 0 Å². The maximum Gasteiger partial charge on any atom is 0.273 e. The van der Waals surface area contributed by atoms with E-state index in [2.05, 4.69) is 15.2 Å². The van der Waals surface area contributed by atoms with Crippen LogP contribution in [-0.4, -0.2) is 37.1 Å². The topological polar surface area (TPSA) is 67.6 Å². The molecule has 146 valence electrons. The molecule has 0 radical (unpaired) electrons. The van der Waals surface area contributed by atoms with E-state index in [1.54, 1.807) is 20.1 Å². The van der Waals surface area contributed by atoms with Crippen molar-refractivity contribution in [3.8, 4) is 16.5 Å². The van der Waals surface area contributed by atoms with E-state index in [4.69, 9.17) is 20.8 Å². The van der Waals surface area contributed by atoms with E-state index >= 15 is 0 Å². The first-order valence-electron chi connectivity index (χ1n) is 8.96. The second-order valence-corrected chi connectivity index (χ2v) is 8.01. The van der Waals surface area contributed by atoms with E-state index < -0.39 is 0 Å². The summed E-state index contributed by atoms with van der Waals surface area (Å²) in [5.74, 6) is 1.56. The summed E-state index contributed by atoms with van der Waals surface area (Å²) in [7, 11) is 1.64. The summed E-state index contributed by atoms with van der Waals surface area (Å²) >= 11 is 7.67. The Bertz CT molecular complexity index is 987. The van der Waals surface area contributed by atoms with Gasteiger partial charge in [0.05, 0.1) is 17.7 Å². The van der Waals surface area contributed by atoms with Gasteiger partial charge < -0.3 is 19.4 Å². The molecule has 0 aliphatic carbocycles. The highest BCUT2D eigenvalue weighted by Gasteiger charge is 2.28. The first kappa shape index (κ1) is 18.8. The van der Waals surface area contributed by atoms with Crippen molar-refractivity contribution in [2.24, 2.45) is 0 Å². The van der Waals surface area contributed by atoms with Gasteiger partial charge >= 0.3 is 0 Å². The molecule has 0 bridgehead atoms. The molecular formula is C20H20ClN3O3S. The fourth-order valence-corrected chi connectivity index (χ4v) is 4.19.